The lowest BCUT2D eigenvalue weighted by Crippen LogP contribution is -2.34. The third-order valence-corrected chi connectivity index (χ3v) is 5.94. The molecule has 2 aromatic carbocycles. The number of aryl methyl sites for hydroxylation is 1. The molecule has 1 aliphatic rings. The van der Waals surface area contributed by atoms with Gasteiger partial charge in [-0.25, -0.2) is 4.68 Å². The predicted molar refractivity (Wildman–Crippen MR) is 122 cm³/mol. The molecule has 6 nitrogen and oxygen atoms in total. The lowest BCUT2D eigenvalue weighted by atomic mass is 10.1. The number of aromatic nitrogens is 2. The Bertz CT molecular complexity index is 1050. The standard InChI is InChI=1S/C25H30N4O2/c1-17-7-5-6-8-22(17)29-24(19-9-10-19)21(15-27-29)25(30)26-16-23(28(2)3)18-11-13-20(31-4)14-12-18/h5-8,11-15,19,23H,9-10,16H2,1-4H3,(H,26,30)/t23-/m0/s1. The highest BCUT2D eigenvalue weighted by Gasteiger charge is 2.33. The number of hydrogen-bond acceptors (Lipinski definition) is 4. The van der Waals surface area contributed by atoms with Gasteiger partial charge in [-0.3, -0.25) is 4.79 Å². The molecule has 162 valence electrons. The molecule has 1 aromatic heterocycles. The summed E-state index contributed by atoms with van der Waals surface area (Å²) in [4.78, 5) is 15.3. The van der Waals surface area contributed by atoms with E-state index in [0.717, 1.165) is 41.1 Å². The molecule has 1 fully saturated rings. The van der Waals surface area contributed by atoms with E-state index in [1.807, 2.05) is 55.2 Å². The van der Waals surface area contributed by atoms with Gasteiger partial charge in [0.25, 0.3) is 5.91 Å². The van der Waals surface area contributed by atoms with Crippen LogP contribution in [-0.2, 0) is 0 Å². The molecule has 1 saturated carbocycles. The molecule has 0 bridgehead atoms. The average molecular weight is 419 g/mol. The molecule has 0 saturated heterocycles. The molecular weight excluding hydrogens is 388 g/mol. The summed E-state index contributed by atoms with van der Waals surface area (Å²) in [5, 5.41) is 7.75. The minimum absolute atomic E-state index is 0.0608. The molecule has 6 heteroatoms. The molecule has 1 aliphatic carbocycles. The van der Waals surface area contributed by atoms with Crippen molar-refractivity contribution < 1.29 is 9.53 Å². The number of nitrogens with one attached hydrogen (secondary N) is 1. The summed E-state index contributed by atoms with van der Waals surface area (Å²) in [6.07, 6.45) is 3.92. The summed E-state index contributed by atoms with van der Waals surface area (Å²) in [5.41, 5.74) is 5.01. The van der Waals surface area contributed by atoms with Crippen LogP contribution in [0.1, 0.15) is 52.0 Å². The van der Waals surface area contributed by atoms with Crippen LogP contribution in [-0.4, -0.2) is 48.3 Å². The number of para-hydroxylation sites is 1. The molecule has 3 aromatic rings. The number of carbonyl (C=O) groups is 1. The molecule has 1 N–H and O–H groups in total. The van der Waals surface area contributed by atoms with E-state index >= 15 is 0 Å². The Kier molecular flexibility index (Phi) is 6.09. The van der Waals surface area contributed by atoms with Crippen molar-refractivity contribution in [1.82, 2.24) is 20.0 Å². The monoisotopic (exact) mass is 418 g/mol. The lowest BCUT2D eigenvalue weighted by molar-refractivity contribution is 0.0941. The van der Waals surface area contributed by atoms with Crippen molar-refractivity contribution in [2.45, 2.75) is 31.7 Å². The van der Waals surface area contributed by atoms with Gasteiger partial charge < -0.3 is 15.0 Å². The predicted octanol–water partition coefficient (Wildman–Crippen LogP) is 4.10. The van der Waals surface area contributed by atoms with Gasteiger partial charge in [0, 0.05) is 12.5 Å². The number of amides is 1. The molecule has 0 unspecified atom stereocenters. The third kappa shape index (κ3) is 4.49. The first-order valence-electron chi connectivity index (χ1n) is 10.7. The van der Waals surface area contributed by atoms with E-state index in [0.29, 0.717) is 18.0 Å². The molecule has 1 amide bonds. The van der Waals surface area contributed by atoms with Gasteiger partial charge in [0.15, 0.2) is 0 Å². The highest BCUT2D eigenvalue weighted by Crippen LogP contribution is 2.42. The number of ether oxygens (including phenoxy) is 1. The second kappa shape index (κ2) is 8.94. The first kappa shape index (κ1) is 21.1. The van der Waals surface area contributed by atoms with Crippen LogP contribution in [0.15, 0.2) is 54.7 Å². The van der Waals surface area contributed by atoms with E-state index < -0.39 is 0 Å². The maximum absolute atomic E-state index is 13.2. The van der Waals surface area contributed by atoms with E-state index in [1.165, 1.54) is 0 Å². The second-order valence-corrected chi connectivity index (χ2v) is 8.38. The van der Waals surface area contributed by atoms with E-state index in [-0.39, 0.29) is 11.9 Å². The van der Waals surface area contributed by atoms with Gasteiger partial charge in [-0.1, -0.05) is 30.3 Å². The summed E-state index contributed by atoms with van der Waals surface area (Å²) < 4.78 is 7.21. The van der Waals surface area contributed by atoms with E-state index in [9.17, 15) is 4.79 Å². The molecule has 1 heterocycles. The minimum atomic E-state index is -0.0675. The summed E-state index contributed by atoms with van der Waals surface area (Å²) >= 11 is 0. The van der Waals surface area contributed by atoms with Crippen LogP contribution in [0, 0.1) is 6.92 Å². The van der Waals surface area contributed by atoms with Gasteiger partial charge >= 0.3 is 0 Å². The zero-order valence-corrected chi connectivity index (χ0v) is 18.6. The summed E-state index contributed by atoms with van der Waals surface area (Å²) in [5.74, 6) is 1.15. The Hall–Kier alpha value is -3.12. The minimum Gasteiger partial charge on any atom is -0.497 e. The zero-order valence-electron chi connectivity index (χ0n) is 18.6. The Morgan fingerprint density at radius 2 is 1.90 bits per heavy atom. The van der Waals surface area contributed by atoms with Crippen molar-refractivity contribution in [2.24, 2.45) is 0 Å². The molecule has 0 spiro atoms. The lowest BCUT2D eigenvalue weighted by Gasteiger charge is -2.25. The normalized spacial score (nSPS) is 14.5. The fraction of sp³-hybridized carbons (Fsp3) is 0.360. The van der Waals surface area contributed by atoms with Gasteiger partial charge in [-0.2, -0.15) is 5.10 Å². The summed E-state index contributed by atoms with van der Waals surface area (Å²) in [7, 11) is 5.70. The van der Waals surface area contributed by atoms with Gasteiger partial charge in [-0.05, 0) is 63.2 Å². The molecule has 4 rings (SSSR count). The Morgan fingerprint density at radius 1 is 1.19 bits per heavy atom. The molecule has 1 atom stereocenters. The highest BCUT2D eigenvalue weighted by molar-refractivity contribution is 5.95. The van der Waals surface area contributed by atoms with Gasteiger partial charge in [0.05, 0.1) is 36.3 Å². The summed E-state index contributed by atoms with van der Waals surface area (Å²) in [6.45, 7) is 2.59. The number of methoxy groups -OCH3 is 1. The first-order chi connectivity index (χ1) is 15.0. The largest absolute Gasteiger partial charge is 0.497 e. The average Bonchev–Trinajstić information content (AvgIpc) is 3.52. The number of rotatable bonds is 8. The smallest absolute Gasteiger partial charge is 0.254 e. The van der Waals surface area contributed by atoms with Crippen LogP contribution in [0.2, 0.25) is 0 Å². The third-order valence-electron chi connectivity index (χ3n) is 5.94. The molecular formula is C25H30N4O2. The number of likely N-dealkylation sites (N-methyl/N-ethyl adjacent to an activating group) is 1. The fourth-order valence-corrected chi connectivity index (χ4v) is 3.98. The zero-order chi connectivity index (χ0) is 22.0. The van der Waals surface area contributed by atoms with Crippen molar-refractivity contribution >= 4 is 5.91 Å². The second-order valence-electron chi connectivity index (χ2n) is 8.38. The van der Waals surface area contributed by atoms with Crippen LogP contribution in [0.4, 0.5) is 0 Å². The van der Waals surface area contributed by atoms with E-state index in [1.54, 1.807) is 13.3 Å². The quantitative estimate of drug-likeness (QED) is 0.598. The summed E-state index contributed by atoms with van der Waals surface area (Å²) in [6, 6.07) is 16.2. The fourth-order valence-electron chi connectivity index (χ4n) is 3.98. The first-order valence-corrected chi connectivity index (χ1v) is 10.7. The number of hydrogen-bond donors (Lipinski definition) is 1. The highest BCUT2D eigenvalue weighted by atomic mass is 16.5. The number of benzene rings is 2. The van der Waals surface area contributed by atoms with Gasteiger partial charge in [0.2, 0.25) is 0 Å². The Morgan fingerprint density at radius 3 is 2.52 bits per heavy atom. The maximum atomic E-state index is 13.2. The Labute approximate surface area is 183 Å². The van der Waals surface area contributed by atoms with E-state index in [2.05, 4.69) is 34.4 Å². The van der Waals surface area contributed by atoms with Crippen molar-refractivity contribution in [2.75, 3.05) is 27.7 Å². The maximum Gasteiger partial charge on any atom is 0.254 e. The van der Waals surface area contributed by atoms with Crippen molar-refractivity contribution in [3.05, 3.63) is 77.1 Å². The SMILES string of the molecule is COc1ccc([C@H](CNC(=O)c2cnn(-c3ccccc3C)c2C2CC2)N(C)C)cc1. The van der Waals surface area contributed by atoms with Gasteiger partial charge in [-0.15, -0.1) is 0 Å². The van der Waals surface area contributed by atoms with Crippen LogP contribution in [0.3, 0.4) is 0 Å². The van der Waals surface area contributed by atoms with Crippen LogP contribution in [0.25, 0.3) is 5.69 Å². The van der Waals surface area contributed by atoms with Gasteiger partial charge in [0.1, 0.15) is 5.75 Å². The van der Waals surface area contributed by atoms with Crippen molar-refractivity contribution in [3.63, 3.8) is 0 Å². The van der Waals surface area contributed by atoms with Crippen LogP contribution >= 0.6 is 0 Å². The topological polar surface area (TPSA) is 59.4 Å². The Balaban J connectivity index is 1.55. The molecule has 0 radical (unpaired) electrons. The molecule has 0 aliphatic heterocycles. The van der Waals surface area contributed by atoms with Crippen LogP contribution < -0.4 is 10.1 Å². The number of nitrogens with zero attached hydrogens (tertiary/aromatic N) is 3. The van der Waals surface area contributed by atoms with Crippen molar-refractivity contribution in [1.29, 1.82) is 0 Å². The number of carbonyl (C=O) groups excluding carboxylic acids is 1. The van der Waals surface area contributed by atoms with Crippen LogP contribution in [0.5, 0.6) is 5.75 Å². The van der Waals surface area contributed by atoms with Crippen molar-refractivity contribution in [3.8, 4) is 11.4 Å². The molecule has 31 heavy (non-hydrogen) atoms. The van der Waals surface area contributed by atoms with E-state index in [4.69, 9.17) is 4.74 Å².